The lowest BCUT2D eigenvalue weighted by atomic mass is 9.99. The lowest BCUT2D eigenvalue weighted by molar-refractivity contribution is 0.266. The van der Waals surface area contributed by atoms with Crippen molar-refractivity contribution < 1.29 is 24.1 Å². The summed E-state index contributed by atoms with van der Waals surface area (Å²) in [6.45, 7) is 1.73. The summed E-state index contributed by atoms with van der Waals surface area (Å²) in [5.74, 6) is 1.69. The van der Waals surface area contributed by atoms with E-state index in [0.717, 1.165) is 93.5 Å². The van der Waals surface area contributed by atoms with Crippen molar-refractivity contribution in [3.05, 3.63) is 60.7 Å². The van der Waals surface area contributed by atoms with Crippen molar-refractivity contribution in [3.63, 3.8) is 0 Å². The van der Waals surface area contributed by atoms with Gasteiger partial charge in [-0.2, -0.15) is 0 Å². The topological polar surface area (TPSA) is 72.1 Å². The number of hydrogen-bond donors (Lipinski definition) is 2. The summed E-state index contributed by atoms with van der Waals surface area (Å²) in [5, 5.41) is 24.6. The standard InChI is InChI=1S/C30H32O5/c31-15-3-1-5-17-33-23-11-7-21-9-13-27-29(25(21)19-23)30-26-20-24(34-18-6-2-4-16-32)12-8-22(26)10-14-28(30)35-27/h7-14,19-20,31-32H,1-6,15-18H2. The van der Waals surface area contributed by atoms with Crippen molar-refractivity contribution in [1.82, 2.24) is 0 Å². The number of rotatable bonds is 12. The Morgan fingerprint density at radius 1 is 0.543 bits per heavy atom. The first-order chi connectivity index (χ1) is 17.3. The monoisotopic (exact) mass is 472 g/mol. The van der Waals surface area contributed by atoms with Gasteiger partial charge in [0.2, 0.25) is 0 Å². The van der Waals surface area contributed by atoms with Gasteiger partial charge in [0.05, 0.1) is 13.2 Å². The third kappa shape index (κ3) is 5.07. The maximum Gasteiger partial charge on any atom is 0.136 e. The van der Waals surface area contributed by atoms with Gasteiger partial charge in [-0.05, 0) is 96.5 Å². The second-order valence-corrected chi connectivity index (χ2v) is 9.01. The minimum Gasteiger partial charge on any atom is -0.494 e. The molecule has 1 heterocycles. The number of furan rings is 1. The smallest absolute Gasteiger partial charge is 0.136 e. The molecule has 0 saturated heterocycles. The molecule has 0 atom stereocenters. The molecule has 0 amide bonds. The zero-order valence-corrected chi connectivity index (χ0v) is 20.0. The van der Waals surface area contributed by atoms with Gasteiger partial charge < -0.3 is 24.1 Å². The van der Waals surface area contributed by atoms with Crippen molar-refractivity contribution in [2.75, 3.05) is 26.4 Å². The molecule has 1 aromatic heterocycles. The average Bonchev–Trinajstić information content (AvgIpc) is 3.28. The number of fused-ring (bicyclic) bond motifs is 7. The van der Waals surface area contributed by atoms with Gasteiger partial charge in [-0.15, -0.1) is 0 Å². The number of aliphatic hydroxyl groups excluding tert-OH is 2. The van der Waals surface area contributed by atoms with Crippen molar-refractivity contribution in [3.8, 4) is 11.5 Å². The highest BCUT2D eigenvalue weighted by atomic mass is 16.5. The Labute approximate surface area is 204 Å². The van der Waals surface area contributed by atoms with E-state index < -0.39 is 0 Å². The van der Waals surface area contributed by atoms with Gasteiger partial charge in [0.15, 0.2) is 0 Å². The van der Waals surface area contributed by atoms with Gasteiger partial charge in [0.1, 0.15) is 22.7 Å². The van der Waals surface area contributed by atoms with Gasteiger partial charge in [0.25, 0.3) is 0 Å². The molecule has 5 rings (SSSR count). The molecule has 5 aromatic rings. The number of aliphatic hydroxyl groups is 2. The quantitative estimate of drug-likeness (QED) is 0.192. The van der Waals surface area contributed by atoms with Crippen LogP contribution < -0.4 is 9.47 Å². The van der Waals surface area contributed by atoms with Crippen LogP contribution in [0.3, 0.4) is 0 Å². The van der Waals surface area contributed by atoms with Crippen LogP contribution in [-0.4, -0.2) is 36.6 Å². The Balaban J connectivity index is 1.53. The summed E-state index contributed by atoms with van der Waals surface area (Å²) in [6.07, 6.45) is 5.38. The van der Waals surface area contributed by atoms with Gasteiger partial charge in [-0.1, -0.05) is 24.3 Å². The van der Waals surface area contributed by atoms with Crippen molar-refractivity contribution in [2.24, 2.45) is 0 Å². The van der Waals surface area contributed by atoms with E-state index >= 15 is 0 Å². The predicted molar refractivity (Wildman–Crippen MR) is 142 cm³/mol. The molecule has 0 aliphatic carbocycles. The maximum atomic E-state index is 8.97. The van der Waals surface area contributed by atoms with Crippen LogP contribution in [0.2, 0.25) is 0 Å². The Morgan fingerprint density at radius 2 is 1.00 bits per heavy atom. The van der Waals surface area contributed by atoms with Crippen LogP contribution in [0.1, 0.15) is 38.5 Å². The molecular formula is C30H32O5. The highest BCUT2D eigenvalue weighted by Gasteiger charge is 2.15. The third-order valence-electron chi connectivity index (χ3n) is 6.52. The fourth-order valence-corrected chi connectivity index (χ4v) is 4.70. The summed E-state index contributed by atoms with van der Waals surface area (Å²) in [6, 6.07) is 20.7. The second kappa shape index (κ2) is 11.0. The van der Waals surface area contributed by atoms with Crippen LogP contribution in [-0.2, 0) is 0 Å². The molecule has 0 aliphatic heterocycles. The lowest BCUT2D eigenvalue weighted by Crippen LogP contribution is -1.98. The fraction of sp³-hybridized carbons (Fsp3) is 0.333. The molecule has 0 aliphatic rings. The Kier molecular flexibility index (Phi) is 7.36. The van der Waals surface area contributed by atoms with E-state index in [1.165, 1.54) is 0 Å². The van der Waals surface area contributed by atoms with E-state index in [2.05, 4.69) is 36.4 Å². The maximum absolute atomic E-state index is 8.97. The zero-order chi connectivity index (χ0) is 24.0. The molecule has 0 unspecified atom stereocenters. The van der Waals surface area contributed by atoms with Gasteiger partial charge >= 0.3 is 0 Å². The van der Waals surface area contributed by atoms with E-state index in [1.807, 2.05) is 24.3 Å². The molecule has 0 spiro atoms. The second-order valence-electron chi connectivity index (χ2n) is 9.01. The van der Waals surface area contributed by atoms with E-state index in [0.29, 0.717) is 13.2 Å². The summed E-state index contributed by atoms with van der Waals surface area (Å²) in [5.41, 5.74) is 1.71. The molecule has 35 heavy (non-hydrogen) atoms. The zero-order valence-electron chi connectivity index (χ0n) is 20.0. The molecular weight excluding hydrogens is 440 g/mol. The van der Waals surface area contributed by atoms with E-state index in [1.54, 1.807) is 0 Å². The molecule has 5 nitrogen and oxygen atoms in total. The largest absolute Gasteiger partial charge is 0.494 e. The first kappa shape index (κ1) is 23.5. The lowest BCUT2D eigenvalue weighted by Gasteiger charge is -2.09. The van der Waals surface area contributed by atoms with Crippen LogP contribution in [0.15, 0.2) is 65.1 Å². The molecule has 0 radical (unpaired) electrons. The molecule has 2 N–H and O–H groups in total. The third-order valence-corrected chi connectivity index (χ3v) is 6.52. The highest BCUT2D eigenvalue weighted by Crippen LogP contribution is 2.40. The van der Waals surface area contributed by atoms with E-state index in [4.69, 9.17) is 24.1 Å². The van der Waals surface area contributed by atoms with E-state index in [-0.39, 0.29) is 13.2 Å². The van der Waals surface area contributed by atoms with Gasteiger partial charge in [-0.25, -0.2) is 0 Å². The summed E-state index contributed by atoms with van der Waals surface area (Å²) >= 11 is 0. The number of unbranched alkanes of at least 4 members (excludes halogenated alkanes) is 4. The normalized spacial score (nSPS) is 11.7. The van der Waals surface area contributed by atoms with Gasteiger partial charge in [0, 0.05) is 24.0 Å². The molecule has 182 valence electrons. The number of hydrogen-bond acceptors (Lipinski definition) is 5. The van der Waals surface area contributed by atoms with Crippen molar-refractivity contribution >= 4 is 43.5 Å². The number of benzene rings is 4. The molecule has 5 heteroatoms. The summed E-state index contributed by atoms with van der Waals surface area (Å²) < 4.78 is 18.3. The van der Waals surface area contributed by atoms with Crippen molar-refractivity contribution in [2.45, 2.75) is 38.5 Å². The molecule has 0 saturated carbocycles. The highest BCUT2D eigenvalue weighted by molar-refractivity contribution is 6.26. The van der Waals surface area contributed by atoms with Crippen LogP contribution in [0, 0.1) is 0 Å². The van der Waals surface area contributed by atoms with E-state index in [9.17, 15) is 0 Å². The molecule has 0 bridgehead atoms. The fourth-order valence-electron chi connectivity index (χ4n) is 4.70. The minimum absolute atomic E-state index is 0.228. The molecule has 0 fully saturated rings. The minimum atomic E-state index is 0.228. The Morgan fingerprint density at radius 3 is 1.46 bits per heavy atom. The Bertz CT molecular complexity index is 1330. The van der Waals surface area contributed by atoms with Crippen LogP contribution >= 0.6 is 0 Å². The first-order valence-corrected chi connectivity index (χ1v) is 12.6. The average molecular weight is 473 g/mol. The summed E-state index contributed by atoms with van der Waals surface area (Å²) in [4.78, 5) is 0. The van der Waals surface area contributed by atoms with Crippen LogP contribution in [0.4, 0.5) is 0 Å². The number of ether oxygens (including phenoxy) is 2. The SMILES string of the molecule is OCCCCCOc1ccc2ccc3oc4ccc5ccc(OCCCCCO)cc5c4c3c2c1. The summed E-state index contributed by atoms with van der Waals surface area (Å²) in [7, 11) is 0. The van der Waals surface area contributed by atoms with Crippen LogP contribution in [0.25, 0.3) is 43.5 Å². The van der Waals surface area contributed by atoms with Crippen LogP contribution in [0.5, 0.6) is 11.5 Å². The molecule has 4 aromatic carbocycles. The van der Waals surface area contributed by atoms with Crippen molar-refractivity contribution in [1.29, 1.82) is 0 Å². The Hall–Kier alpha value is -3.28. The predicted octanol–water partition coefficient (Wildman–Crippen LogP) is 6.98. The van der Waals surface area contributed by atoms with Gasteiger partial charge in [-0.3, -0.25) is 0 Å². The first-order valence-electron chi connectivity index (χ1n) is 12.6.